The lowest BCUT2D eigenvalue weighted by Gasteiger charge is -2.14. The van der Waals surface area contributed by atoms with Crippen molar-refractivity contribution in [3.63, 3.8) is 0 Å². The van der Waals surface area contributed by atoms with Crippen LogP contribution in [0.2, 0.25) is 4.34 Å². The topological polar surface area (TPSA) is 96.4 Å². The van der Waals surface area contributed by atoms with E-state index in [2.05, 4.69) is 10.3 Å². The molecule has 0 bridgehead atoms. The third-order valence-electron chi connectivity index (χ3n) is 2.69. The Hall–Kier alpha value is -1.33. The van der Waals surface area contributed by atoms with E-state index < -0.39 is 15.9 Å². The highest BCUT2D eigenvalue weighted by atomic mass is 35.5. The first-order valence-electron chi connectivity index (χ1n) is 6.18. The first-order valence-corrected chi connectivity index (χ1v) is 9.69. The van der Waals surface area contributed by atoms with E-state index in [-0.39, 0.29) is 27.4 Å². The molecule has 0 unspecified atom stereocenters. The highest BCUT2D eigenvalue weighted by Crippen LogP contribution is 2.27. The molecule has 1 N–H and O–H groups in total. The minimum Gasteiger partial charge on any atom is -0.301 e. The number of carbonyl (C=O) groups is 2. The molecule has 7 nitrogen and oxygen atoms in total. The number of thiazole rings is 1. The summed E-state index contributed by atoms with van der Waals surface area (Å²) in [6, 6.07) is 2.86. The molecule has 0 aliphatic heterocycles. The van der Waals surface area contributed by atoms with Crippen molar-refractivity contribution in [1.82, 2.24) is 9.29 Å². The van der Waals surface area contributed by atoms with Gasteiger partial charge in [0.15, 0.2) is 10.9 Å². The normalized spacial score (nSPS) is 11.7. The molecule has 2 rings (SSSR count). The van der Waals surface area contributed by atoms with Crippen molar-refractivity contribution >= 4 is 61.1 Å². The predicted molar refractivity (Wildman–Crippen MR) is 89.9 cm³/mol. The number of rotatable bonds is 6. The molecule has 0 aliphatic carbocycles. The van der Waals surface area contributed by atoms with Gasteiger partial charge in [-0.15, -0.1) is 22.7 Å². The fourth-order valence-corrected chi connectivity index (χ4v) is 5.12. The number of carbonyl (C=O) groups excluding carboxylic acids is 2. The number of aromatic nitrogens is 1. The zero-order valence-electron chi connectivity index (χ0n) is 12.1. The SMILES string of the molecule is CC(=O)c1csc(NC(=O)CN(C)S(=O)(=O)c2ccc(Cl)s2)n1. The van der Waals surface area contributed by atoms with Crippen LogP contribution >= 0.6 is 34.3 Å². The van der Waals surface area contributed by atoms with Crippen LogP contribution in [0, 0.1) is 0 Å². The van der Waals surface area contributed by atoms with Crippen molar-refractivity contribution in [3.05, 3.63) is 27.5 Å². The molecule has 0 aromatic carbocycles. The fourth-order valence-electron chi connectivity index (χ4n) is 1.53. The summed E-state index contributed by atoms with van der Waals surface area (Å²) in [5.41, 5.74) is 0.250. The molecule has 11 heteroatoms. The lowest BCUT2D eigenvalue weighted by atomic mass is 10.4. The number of likely N-dealkylation sites (N-methyl/N-ethyl adjacent to an activating group) is 1. The fraction of sp³-hybridized carbons (Fsp3) is 0.250. The molecule has 124 valence electrons. The van der Waals surface area contributed by atoms with Crippen molar-refractivity contribution in [2.45, 2.75) is 11.1 Å². The third kappa shape index (κ3) is 4.36. The van der Waals surface area contributed by atoms with Gasteiger partial charge < -0.3 is 5.32 Å². The molecule has 2 heterocycles. The zero-order chi connectivity index (χ0) is 17.2. The van der Waals surface area contributed by atoms with E-state index in [0.717, 1.165) is 27.0 Å². The van der Waals surface area contributed by atoms with Crippen LogP contribution in [0.25, 0.3) is 0 Å². The van der Waals surface area contributed by atoms with E-state index in [0.29, 0.717) is 4.34 Å². The minimum absolute atomic E-state index is 0.0610. The van der Waals surface area contributed by atoms with Gasteiger partial charge >= 0.3 is 0 Å². The van der Waals surface area contributed by atoms with Gasteiger partial charge in [0.2, 0.25) is 5.91 Å². The summed E-state index contributed by atoms with van der Waals surface area (Å²) in [6.07, 6.45) is 0. The number of anilines is 1. The lowest BCUT2D eigenvalue weighted by Crippen LogP contribution is -2.34. The first-order chi connectivity index (χ1) is 10.7. The van der Waals surface area contributed by atoms with Crippen LogP contribution < -0.4 is 5.32 Å². The summed E-state index contributed by atoms with van der Waals surface area (Å²) in [4.78, 5) is 27.0. The standard InChI is InChI=1S/C12H12ClN3O4S3/c1-7(17)8-6-21-12(14-8)15-10(18)5-16(2)23(19,20)11-4-3-9(13)22-11/h3-4,6H,5H2,1-2H3,(H,14,15,18). The van der Waals surface area contributed by atoms with Gasteiger partial charge in [-0.3, -0.25) is 9.59 Å². The average molecular weight is 394 g/mol. The van der Waals surface area contributed by atoms with Crippen LogP contribution in [-0.2, 0) is 14.8 Å². The second kappa shape index (κ2) is 7.05. The van der Waals surface area contributed by atoms with Gasteiger partial charge in [0.1, 0.15) is 9.90 Å². The molecule has 2 aromatic heterocycles. The number of ketones is 1. The van der Waals surface area contributed by atoms with Gasteiger partial charge in [-0.25, -0.2) is 13.4 Å². The van der Waals surface area contributed by atoms with Gasteiger partial charge in [-0.05, 0) is 12.1 Å². The molecule has 0 radical (unpaired) electrons. The van der Waals surface area contributed by atoms with Crippen LogP contribution in [0.1, 0.15) is 17.4 Å². The number of hydrogen-bond donors (Lipinski definition) is 1. The van der Waals surface area contributed by atoms with E-state index in [9.17, 15) is 18.0 Å². The Morgan fingerprint density at radius 2 is 2.09 bits per heavy atom. The maximum Gasteiger partial charge on any atom is 0.252 e. The first kappa shape index (κ1) is 18.0. The van der Waals surface area contributed by atoms with Gasteiger partial charge in [0.25, 0.3) is 10.0 Å². The summed E-state index contributed by atoms with van der Waals surface area (Å²) >= 11 is 7.74. The van der Waals surface area contributed by atoms with Crippen molar-refractivity contribution in [2.75, 3.05) is 18.9 Å². The molecule has 23 heavy (non-hydrogen) atoms. The van der Waals surface area contributed by atoms with E-state index in [4.69, 9.17) is 11.6 Å². The molecule has 0 saturated heterocycles. The Balaban J connectivity index is 2.02. The zero-order valence-corrected chi connectivity index (χ0v) is 15.3. The summed E-state index contributed by atoms with van der Waals surface area (Å²) in [6.45, 7) is 0.986. The van der Waals surface area contributed by atoms with Crippen molar-refractivity contribution in [3.8, 4) is 0 Å². The molecule has 0 saturated carbocycles. The van der Waals surface area contributed by atoms with Crippen molar-refractivity contribution < 1.29 is 18.0 Å². The molecule has 0 aliphatic rings. The van der Waals surface area contributed by atoms with Crippen LogP contribution in [0.15, 0.2) is 21.7 Å². The quantitative estimate of drug-likeness (QED) is 0.759. The number of amides is 1. The lowest BCUT2D eigenvalue weighted by molar-refractivity contribution is -0.116. The highest BCUT2D eigenvalue weighted by Gasteiger charge is 2.25. The van der Waals surface area contributed by atoms with Gasteiger partial charge in [-0.1, -0.05) is 11.6 Å². The van der Waals surface area contributed by atoms with Crippen LogP contribution in [-0.4, -0.2) is 43.0 Å². The Morgan fingerprint density at radius 1 is 1.39 bits per heavy atom. The highest BCUT2D eigenvalue weighted by molar-refractivity contribution is 7.91. The maximum atomic E-state index is 12.3. The summed E-state index contributed by atoms with van der Waals surface area (Å²) in [7, 11) is -2.48. The molecule has 0 spiro atoms. The largest absolute Gasteiger partial charge is 0.301 e. The summed E-state index contributed by atoms with van der Waals surface area (Å²) in [5, 5.41) is 4.23. The van der Waals surface area contributed by atoms with Crippen LogP contribution in [0.3, 0.4) is 0 Å². The number of Topliss-reactive ketones (excluding diaryl/α,β-unsaturated/α-hetero) is 1. The van der Waals surface area contributed by atoms with Gasteiger partial charge in [0, 0.05) is 19.4 Å². The van der Waals surface area contributed by atoms with E-state index >= 15 is 0 Å². The molecular weight excluding hydrogens is 382 g/mol. The second-order valence-corrected chi connectivity index (χ2v) is 9.31. The Kier molecular flexibility index (Phi) is 5.53. The van der Waals surface area contributed by atoms with Gasteiger partial charge in [-0.2, -0.15) is 4.31 Å². The number of thiophene rings is 1. The number of halogens is 1. The number of nitrogens with zero attached hydrogens (tertiary/aromatic N) is 2. The summed E-state index contributed by atoms with van der Waals surface area (Å²) < 4.78 is 25.9. The number of sulfonamides is 1. The smallest absolute Gasteiger partial charge is 0.252 e. The molecule has 0 atom stereocenters. The van der Waals surface area contributed by atoms with E-state index in [1.54, 1.807) is 0 Å². The average Bonchev–Trinajstić information content (AvgIpc) is 3.07. The van der Waals surface area contributed by atoms with E-state index in [1.807, 2.05) is 0 Å². The number of nitrogens with one attached hydrogen (secondary N) is 1. The van der Waals surface area contributed by atoms with E-state index in [1.165, 1.54) is 31.5 Å². The molecule has 2 aromatic rings. The third-order valence-corrected chi connectivity index (χ3v) is 6.95. The minimum atomic E-state index is -3.78. The van der Waals surface area contributed by atoms with Crippen molar-refractivity contribution in [2.24, 2.45) is 0 Å². The van der Waals surface area contributed by atoms with Crippen molar-refractivity contribution in [1.29, 1.82) is 0 Å². The Morgan fingerprint density at radius 3 is 2.61 bits per heavy atom. The van der Waals surface area contributed by atoms with Gasteiger partial charge in [0.05, 0.1) is 10.9 Å². The predicted octanol–water partition coefficient (Wildman–Crippen LogP) is 2.32. The molecular formula is C12H12ClN3O4S3. The molecule has 0 fully saturated rings. The second-order valence-electron chi connectivity index (χ2n) is 4.46. The molecule has 1 amide bonds. The van der Waals surface area contributed by atoms with Crippen LogP contribution in [0.5, 0.6) is 0 Å². The summed E-state index contributed by atoms with van der Waals surface area (Å²) in [5.74, 6) is -0.765. The maximum absolute atomic E-state index is 12.3. The monoisotopic (exact) mass is 393 g/mol. The van der Waals surface area contributed by atoms with Crippen LogP contribution in [0.4, 0.5) is 5.13 Å². The Labute approximate surface area is 146 Å². The Bertz CT molecular complexity index is 843. The number of hydrogen-bond acceptors (Lipinski definition) is 7.